The van der Waals surface area contributed by atoms with Gasteiger partial charge in [-0.3, -0.25) is 0 Å². The van der Waals surface area contributed by atoms with Crippen molar-refractivity contribution in [2.24, 2.45) is 0 Å². The monoisotopic (exact) mass is 199 g/mol. The molecule has 0 fully saturated rings. The lowest BCUT2D eigenvalue weighted by Gasteiger charge is -2.04. The van der Waals surface area contributed by atoms with Crippen LogP contribution in [0.4, 0.5) is 0 Å². The molecular weight excluding hydrogens is 186 g/mol. The molecule has 0 spiro atoms. The van der Waals surface area contributed by atoms with Crippen LogP contribution in [-0.2, 0) is 0 Å². The van der Waals surface area contributed by atoms with Gasteiger partial charge in [0, 0.05) is 5.39 Å². The quantitative estimate of drug-likeness (QED) is 0.740. The number of allylic oxidation sites excluding steroid dienone is 1. The standard InChI is InChI=1S/C13H13NO/c1-9(2)12-6-4-10-8-11(15-3)5-7-13(10)14-12/h4-8H,1H2,2-3H3. The van der Waals surface area contributed by atoms with Crippen LogP contribution in [0.1, 0.15) is 12.6 Å². The van der Waals surface area contributed by atoms with E-state index in [4.69, 9.17) is 4.74 Å². The van der Waals surface area contributed by atoms with Gasteiger partial charge in [-0.2, -0.15) is 0 Å². The number of nitrogens with zero attached hydrogens (tertiary/aromatic N) is 1. The van der Waals surface area contributed by atoms with Crippen molar-refractivity contribution in [1.82, 2.24) is 4.98 Å². The minimum absolute atomic E-state index is 0.854. The van der Waals surface area contributed by atoms with Crippen molar-refractivity contribution in [2.45, 2.75) is 6.92 Å². The first kappa shape index (κ1) is 9.71. The highest BCUT2D eigenvalue weighted by atomic mass is 16.5. The summed E-state index contributed by atoms with van der Waals surface area (Å²) in [6.07, 6.45) is 0. The maximum absolute atomic E-state index is 5.15. The molecule has 0 saturated carbocycles. The molecule has 1 aromatic carbocycles. The predicted octanol–water partition coefficient (Wildman–Crippen LogP) is 3.28. The highest BCUT2D eigenvalue weighted by Gasteiger charge is 2.00. The van der Waals surface area contributed by atoms with Gasteiger partial charge in [-0.15, -0.1) is 0 Å². The Bertz CT molecular complexity index is 517. The summed E-state index contributed by atoms with van der Waals surface area (Å²) in [6.45, 7) is 5.83. The second kappa shape index (κ2) is 3.73. The molecule has 0 unspecified atom stereocenters. The molecule has 15 heavy (non-hydrogen) atoms. The number of fused-ring (bicyclic) bond motifs is 1. The van der Waals surface area contributed by atoms with Crippen molar-refractivity contribution in [3.63, 3.8) is 0 Å². The SMILES string of the molecule is C=C(C)c1ccc2cc(OC)ccc2n1. The smallest absolute Gasteiger partial charge is 0.119 e. The lowest BCUT2D eigenvalue weighted by molar-refractivity contribution is 0.415. The lowest BCUT2D eigenvalue weighted by atomic mass is 10.1. The van der Waals surface area contributed by atoms with Gasteiger partial charge in [0.15, 0.2) is 0 Å². The fourth-order valence-corrected chi connectivity index (χ4v) is 1.47. The molecule has 0 bridgehead atoms. The van der Waals surface area contributed by atoms with Gasteiger partial charge in [0.25, 0.3) is 0 Å². The first-order chi connectivity index (χ1) is 7.20. The van der Waals surface area contributed by atoms with E-state index in [2.05, 4.69) is 11.6 Å². The number of benzene rings is 1. The third-order valence-electron chi connectivity index (χ3n) is 2.33. The van der Waals surface area contributed by atoms with E-state index in [9.17, 15) is 0 Å². The molecular formula is C13H13NO. The number of pyridine rings is 1. The van der Waals surface area contributed by atoms with E-state index in [0.717, 1.165) is 27.9 Å². The van der Waals surface area contributed by atoms with E-state index in [1.807, 2.05) is 37.3 Å². The second-order valence-corrected chi connectivity index (χ2v) is 3.54. The fraction of sp³-hybridized carbons (Fsp3) is 0.154. The van der Waals surface area contributed by atoms with Gasteiger partial charge in [-0.05, 0) is 36.8 Å². The van der Waals surface area contributed by atoms with Crippen LogP contribution in [-0.4, -0.2) is 12.1 Å². The normalized spacial score (nSPS) is 10.3. The third-order valence-corrected chi connectivity index (χ3v) is 2.33. The van der Waals surface area contributed by atoms with Crippen molar-refractivity contribution < 1.29 is 4.74 Å². The summed E-state index contributed by atoms with van der Waals surface area (Å²) in [5.41, 5.74) is 2.89. The van der Waals surface area contributed by atoms with E-state index in [0.29, 0.717) is 0 Å². The Morgan fingerprint density at radius 2 is 2.07 bits per heavy atom. The van der Waals surface area contributed by atoms with Crippen LogP contribution in [0.5, 0.6) is 5.75 Å². The Balaban J connectivity index is 2.59. The number of aromatic nitrogens is 1. The van der Waals surface area contributed by atoms with Crippen LogP contribution in [0.2, 0.25) is 0 Å². The van der Waals surface area contributed by atoms with Crippen LogP contribution in [0, 0.1) is 0 Å². The summed E-state index contributed by atoms with van der Waals surface area (Å²) in [5.74, 6) is 0.854. The van der Waals surface area contributed by atoms with E-state index < -0.39 is 0 Å². The molecule has 76 valence electrons. The molecule has 0 aliphatic rings. The van der Waals surface area contributed by atoms with Crippen molar-refractivity contribution in [1.29, 1.82) is 0 Å². The molecule has 2 aromatic rings. The number of ether oxygens (including phenoxy) is 1. The molecule has 0 N–H and O–H groups in total. The van der Waals surface area contributed by atoms with E-state index in [-0.39, 0.29) is 0 Å². The number of hydrogen-bond acceptors (Lipinski definition) is 2. The highest BCUT2D eigenvalue weighted by Crippen LogP contribution is 2.21. The second-order valence-electron chi connectivity index (χ2n) is 3.54. The minimum Gasteiger partial charge on any atom is -0.497 e. The fourth-order valence-electron chi connectivity index (χ4n) is 1.47. The van der Waals surface area contributed by atoms with Gasteiger partial charge in [-0.25, -0.2) is 4.98 Å². The van der Waals surface area contributed by atoms with E-state index in [1.54, 1.807) is 7.11 Å². The maximum Gasteiger partial charge on any atom is 0.119 e. The van der Waals surface area contributed by atoms with Crippen molar-refractivity contribution in [3.8, 4) is 5.75 Å². The van der Waals surface area contributed by atoms with Gasteiger partial charge < -0.3 is 4.74 Å². The zero-order chi connectivity index (χ0) is 10.8. The molecule has 0 aliphatic carbocycles. The zero-order valence-electron chi connectivity index (χ0n) is 8.95. The predicted molar refractivity (Wildman–Crippen MR) is 63.0 cm³/mol. The molecule has 2 heteroatoms. The molecule has 0 aliphatic heterocycles. The number of methoxy groups -OCH3 is 1. The summed E-state index contributed by atoms with van der Waals surface area (Å²) in [6, 6.07) is 9.86. The molecule has 0 radical (unpaired) electrons. The molecule has 0 amide bonds. The lowest BCUT2D eigenvalue weighted by Crippen LogP contribution is -1.88. The van der Waals surface area contributed by atoms with Crippen LogP contribution in [0.15, 0.2) is 36.9 Å². The largest absolute Gasteiger partial charge is 0.497 e. The third kappa shape index (κ3) is 1.84. The van der Waals surface area contributed by atoms with Gasteiger partial charge in [0.05, 0.1) is 18.3 Å². The summed E-state index contributed by atoms with van der Waals surface area (Å²) in [4.78, 5) is 4.50. The van der Waals surface area contributed by atoms with Crippen LogP contribution in [0.3, 0.4) is 0 Å². The Hall–Kier alpha value is -1.83. The molecule has 2 nitrogen and oxygen atoms in total. The molecule has 2 rings (SSSR count). The first-order valence-electron chi connectivity index (χ1n) is 4.81. The molecule has 1 aromatic heterocycles. The summed E-state index contributed by atoms with van der Waals surface area (Å²) >= 11 is 0. The summed E-state index contributed by atoms with van der Waals surface area (Å²) < 4.78 is 5.15. The van der Waals surface area contributed by atoms with Crippen molar-refractivity contribution in [3.05, 3.63) is 42.6 Å². The Morgan fingerprint density at radius 3 is 2.73 bits per heavy atom. The Kier molecular flexibility index (Phi) is 2.42. The average molecular weight is 199 g/mol. The summed E-state index contributed by atoms with van der Waals surface area (Å²) in [7, 11) is 1.66. The van der Waals surface area contributed by atoms with Crippen LogP contribution < -0.4 is 4.74 Å². The maximum atomic E-state index is 5.15. The van der Waals surface area contributed by atoms with Crippen LogP contribution in [0.25, 0.3) is 16.5 Å². The Labute approximate surface area is 89.2 Å². The summed E-state index contributed by atoms with van der Waals surface area (Å²) in [5, 5.41) is 1.08. The first-order valence-corrected chi connectivity index (χ1v) is 4.81. The van der Waals surface area contributed by atoms with E-state index in [1.165, 1.54) is 0 Å². The van der Waals surface area contributed by atoms with Gasteiger partial charge in [-0.1, -0.05) is 12.6 Å². The van der Waals surface area contributed by atoms with Gasteiger partial charge in [0.1, 0.15) is 5.75 Å². The molecule has 0 atom stereocenters. The number of rotatable bonds is 2. The van der Waals surface area contributed by atoms with Crippen molar-refractivity contribution >= 4 is 16.5 Å². The minimum atomic E-state index is 0.854. The average Bonchev–Trinajstić information content (AvgIpc) is 2.27. The van der Waals surface area contributed by atoms with E-state index >= 15 is 0 Å². The highest BCUT2D eigenvalue weighted by molar-refractivity contribution is 5.82. The topological polar surface area (TPSA) is 22.1 Å². The molecule has 1 heterocycles. The van der Waals surface area contributed by atoms with Crippen LogP contribution >= 0.6 is 0 Å². The van der Waals surface area contributed by atoms with Gasteiger partial charge >= 0.3 is 0 Å². The van der Waals surface area contributed by atoms with Crippen molar-refractivity contribution in [2.75, 3.05) is 7.11 Å². The Morgan fingerprint density at radius 1 is 1.27 bits per heavy atom. The zero-order valence-corrected chi connectivity index (χ0v) is 8.95. The molecule has 0 saturated heterocycles. The van der Waals surface area contributed by atoms with Gasteiger partial charge in [0.2, 0.25) is 0 Å². The number of hydrogen-bond donors (Lipinski definition) is 0.